The molecule has 3 rings (SSSR count). The average molecular weight is 388 g/mol. The van der Waals surface area contributed by atoms with Crippen LogP contribution in [0.4, 0.5) is 13.2 Å². The minimum absolute atomic E-state index is 0.0546. The van der Waals surface area contributed by atoms with Gasteiger partial charge < -0.3 is 4.52 Å². The van der Waals surface area contributed by atoms with Gasteiger partial charge in [-0.2, -0.15) is 17.5 Å². The number of halogens is 3. The van der Waals surface area contributed by atoms with Crippen molar-refractivity contribution in [1.29, 1.82) is 0 Å². The molecule has 0 amide bonds. The lowest BCUT2D eigenvalue weighted by atomic mass is 10.0. The van der Waals surface area contributed by atoms with Crippen LogP contribution in [0, 0.1) is 12.8 Å². The molecule has 2 heterocycles. The van der Waals surface area contributed by atoms with Crippen LogP contribution < -0.4 is 0 Å². The Kier molecular flexibility index (Phi) is 4.87. The number of hydrogen-bond acceptors (Lipinski definition) is 4. The van der Waals surface area contributed by atoms with Crippen LogP contribution in [0.2, 0.25) is 0 Å². The number of alkyl halides is 3. The molecule has 2 aromatic rings. The Labute approximate surface area is 149 Å². The van der Waals surface area contributed by atoms with E-state index in [2.05, 4.69) is 16.6 Å². The van der Waals surface area contributed by atoms with Gasteiger partial charge in [-0.1, -0.05) is 24.2 Å². The van der Waals surface area contributed by atoms with Crippen molar-refractivity contribution in [3.63, 3.8) is 0 Å². The lowest BCUT2D eigenvalue weighted by Crippen LogP contribution is -2.38. The summed E-state index contributed by atoms with van der Waals surface area (Å²) in [4.78, 5) is 0.0844. The molecule has 0 saturated carbocycles. The Hall–Kier alpha value is -1.87. The first-order chi connectivity index (χ1) is 12.1. The van der Waals surface area contributed by atoms with E-state index in [9.17, 15) is 21.6 Å². The van der Waals surface area contributed by atoms with Crippen LogP contribution in [-0.2, 0) is 16.2 Å². The summed E-state index contributed by atoms with van der Waals surface area (Å²) in [6.45, 7) is 4.62. The second kappa shape index (κ2) is 6.70. The molecule has 0 bridgehead atoms. The van der Waals surface area contributed by atoms with Crippen molar-refractivity contribution in [2.45, 2.75) is 37.8 Å². The number of hydrogen-bond donors (Lipinski definition) is 0. The predicted octanol–water partition coefficient (Wildman–Crippen LogP) is 4.09. The number of rotatable bonds is 3. The molecule has 0 atom stereocenters. The Morgan fingerprint density at radius 2 is 1.85 bits per heavy atom. The number of sulfonamides is 1. The smallest absolute Gasteiger partial charge is 0.351 e. The molecule has 1 aliphatic heterocycles. The third-order valence-corrected chi connectivity index (χ3v) is 6.67. The molecule has 0 spiro atoms. The van der Waals surface area contributed by atoms with Gasteiger partial charge in [-0.25, -0.2) is 8.42 Å². The molecule has 0 unspecified atom stereocenters. The lowest BCUT2D eigenvalue weighted by molar-refractivity contribution is -0.155. The van der Waals surface area contributed by atoms with E-state index in [1.165, 1.54) is 16.4 Å². The predicted molar refractivity (Wildman–Crippen MR) is 88.8 cm³/mol. The highest BCUT2D eigenvalue weighted by molar-refractivity contribution is 7.89. The third-order valence-electron chi connectivity index (χ3n) is 4.63. The largest absolute Gasteiger partial charge is 0.452 e. The van der Waals surface area contributed by atoms with E-state index in [4.69, 9.17) is 0 Å². The van der Waals surface area contributed by atoms with Gasteiger partial charge in [0.15, 0.2) is 0 Å². The van der Waals surface area contributed by atoms with E-state index in [0.717, 1.165) is 18.9 Å². The van der Waals surface area contributed by atoms with E-state index >= 15 is 0 Å². The van der Waals surface area contributed by atoms with Crippen molar-refractivity contribution in [2.75, 3.05) is 13.1 Å². The van der Waals surface area contributed by atoms with E-state index < -0.39 is 22.0 Å². The van der Waals surface area contributed by atoms with Crippen molar-refractivity contribution in [3.8, 4) is 11.3 Å². The second-order valence-corrected chi connectivity index (χ2v) is 8.55. The van der Waals surface area contributed by atoms with Crippen LogP contribution in [0.1, 0.15) is 31.1 Å². The molecule has 1 aromatic carbocycles. The summed E-state index contributed by atoms with van der Waals surface area (Å²) in [5.41, 5.74) is 0.742. The summed E-state index contributed by atoms with van der Waals surface area (Å²) < 4.78 is 69.8. The average Bonchev–Trinajstić information content (AvgIpc) is 3.06. The molecule has 5 nitrogen and oxygen atoms in total. The molecule has 9 heteroatoms. The molecule has 142 valence electrons. The minimum atomic E-state index is -4.64. The molecule has 1 fully saturated rings. The van der Waals surface area contributed by atoms with Gasteiger partial charge in [0.25, 0.3) is 0 Å². The first-order valence-electron chi connectivity index (χ1n) is 8.24. The first kappa shape index (κ1) is 18.9. The summed E-state index contributed by atoms with van der Waals surface area (Å²) in [5, 5.41) is 3.42. The number of benzene rings is 1. The molecule has 1 aromatic heterocycles. The van der Waals surface area contributed by atoms with E-state index in [1.807, 2.05) is 0 Å². The van der Waals surface area contributed by atoms with Gasteiger partial charge in [0, 0.05) is 24.7 Å². The van der Waals surface area contributed by atoms with Gasteiger partial charge >= 0.3 is 6.18 Å². The summed E-state index contributed by atoms with van der Waals surface area (Å²) in [7, 11) is -3.72. The van der Waals surface area contributed by atoms with Crippen molar-refractivity contribution < 1.29 is 26.1 Å². The molecule has 26 heavy (non-hydrogen) atoms. The van der Waals surface area contributed by atoms with Crippen molar-refractivity contribution >= 4 is 10.0 Å². The van der Waals surface area contributed by atoms with Crippen LogP contribution in [-0.4, -0.2) is 31.0 Å². The summed E-state index contributed by atoms with van der Waals surface area (Å²) in [6, 6.07) is 5.23. The van der Waals surface area contributed by atoms with Crippen molar-refractivity contribution in [1.82, 2.24) is 9.46 Å². The maximum atomic E-state index is 13.0. The third kappa shape index (κ3) is 3.64. The molecule has 0 aliphatic carbocycles. The maximum Gasteiger partial charge on any atom is 0.452 e. The first-order valence-corrected chi connectivity index (χ1v) is 9.68. The van der Waals surface area contributed by atoms with Gasteiger partial charge in [0.2, 0.25) is 15.8 Å². The molecule has 1 aliphatic rings. The van der Waals surface area contributed by atoms with Crippen molar-refractivity contribution in [3.05, 3.63) is 35.6 Å². The Balaban J connectivity index is 1.96. The van der Waals surface area contributed by atoms with Gasteiger partial charge in [-0.05, 0) is 37.3 Å². The zero-order chi connectivity index (χ0) is 19.1. The second-order valence-electron chi connectivity index (χ2n) is 6.64. The number of piperidine rings is 1. The standard InChI is InChI=1S/C17H19F3N2O3S/c1-11-5-7-22(8-6-11)26(23,24)15-9-13(4-3-12(15)2)14-10-16(25-21-14)17(18,19)20/h3-4,9-11H,5-8H2,1-2H3. The maximum absolute atomic E-state index is 13.0. The van der Waals surface area contributed by atoms with Crippen LogP contribution in [0.3, 0.4) is 0 Å². The highest BCUT2D eigenvalue weighted by Gasteiger charge is 2.36. The number of aromatic nitrogens is 1. The van der Waals surface area contributed by atoms with Crippen LogP contribution in [0.25, 0.3) is 11.3 Å². The zero-order valence-electron chi connectivity index (χ0n) is 14.4. The van der Waals surface area contributed by atoms with Gasteiger partial charge in [0.05, 0.1) is 4.90 Å². The van der Waals surface area contributed by atoms with Crippen LogP contribution in [0.5, 0.6) is 0 Å². The Bertz CT molecular complexity index is 898. The SMILES string of the molecule is Cc1ccc(-c2cc(C(F)(F)F)on2)cc1S(=O)(=O)N1CCC(C)CC1. The Morgan fingerprint density at radius 1 is 1.19 bits per heavy atom. The molecule has 0 radical (unpaired) electrons. The molecular weight excluding hydrogens is 369 g/mol. The lowest BCUT2D eigenvalue weighted by Gasteiger charge is -2.30. The van der Waals surface area contributed by atoms with Crippen LogP contribution in [0.15, 0.2) is 33.7 Å². The topological polar surface area (TPSA) is 63.4 Å². The van der Waals surface area contributed by atoms with Gasteiger partial charge in [0.1, 0.15) is 5.69 Å². The van der Waals surface area contributed by atoms with Crippen LogP contribution >= 0.6 is 0 Å². The fourth-order valence-electron chi connectivity index (χ4n) is 2.95. The zero-order valence-corrected chi connectivity index (χ0v) is 15.2. The monoisotopic (exact) mass is 388 g/mol. The highest BCUT2D eigenvalue weighted by atomic mass is 32.2. The molecule has 1 saturated heterocycles. The fourth-order valence-corrected chi connectivity index (χ4v) is 4.67. The fraction of sp³-hybridized carbons (Fsp3) is 0.471. The molecular formula is C17H19F3N2O3S. The van der Waals surface area contributed by atoms with E-state index in [0.29, 0.717) is 24.6 Å². The van der Waals surface area contributed by atoms with Gasteiger partial charge in [-0.15, -0.1) is 0 Å². The summed E-state index contributed by atoms with van der Waals surface area (Å²) >= 11 is 0. The summed E-state index contributed by atoms with van der Waals surface area (Å²) in [5.74, 6) is -0.743. The molecule has 0 N–H and O–H groups in total. The number of nitrogens with zero attached hydrogens (tertiary/aromatic N) is 2. The van der Waals surface area contributed by atoms with Crippen molar-refractivity contribution in [2.24, 2.45) is 5.92 Å². The Morgan fingerprint density at radius 3 is 2.42 bits per heavy atom. The quantitative estimate of drug-likeness (QED) is 0.795. The van der Waals surface area contributed by atoms with E-state index in [-0.39, 0.29) is 16.2 Å². The normalized spacial score (nSPS) is 17.6. The van der Waals surface area contributed by atoms with E-state index in [1.54, 1.807) is 13.0 Å². The number of aryl methyl sites for hydroxylation is 1. The minimum Gasteiger partial charge on any atom is -0.351 e. The van der Waals surface area contributed by atoms with Gasteiger partial charge in [-0.3, -0.25) is 0 Å². The highest BCUT2D eigenvalue weighted by Crippen LogP contribution is 2.34. The summed E-state index contributed by atoms with van der Waals surface area (Å²) in [6.07, 6.45) is -3.07.